The maximum Gasteiger partial charge on any atom is 0.145 e. The molecule has 0 aromatic heterocycles. The number of hydrogen-bond acceptors (Lipinski definition) is 10. The molecule has 2 saturated heterocycles. The Morgan fingerprint density at radius 3 is 2.08 bits per heavy atom. The summed E-state index contributed by atoms with van der Waals surface area (Å²) in [6.45, 7) is 2.53. The smallest absolute Gasteiger partial charge is 0.145 e. The van der Waals surface area contributed by atoms with Crippen LogP contribution in [0.15, 0.2) is 48.5 Å². The molecule has 0 bridgehead atoms. The molecule has 0 spiro atoms. The lowest BCUT2D eigenvalue weighted by Crippen LogP contribution is -2.65. The zero-order valence-electron chi connectivity index (χ0n) is 20.8. The molecule has 0 amide bonds. The average molecular weight is 521 g/mol. The minimum Gasteiger partial charge on any atom is -0.394 e. The van der Waals surface area contributed by atoms with Crippen LogP contribution in [0.1, 0.15) is 28.4 Å². The first-order valence-corrected chi connectivity index (χ1v) is 12.3. The van der Waals surface area contributed by atoms with Gasteiger partial charge in [-0.05, 0) is 25.0 Å². The molecule has 0 saturated carbocycles. The summed E-state index contributed by atoms with van der Waals surface area (Å²) >= 11 is 0. The van der Waals surface area contributed by atoms with E-state index in [0.717, 1.165) is 11.1 Å². The van der Waals surface area contributed by atoms with Crippen molar-refractivity contribution in [1.82, 2.24) is 0 Å². The van der Waals surface area contributed by atoms with Gasteiger partial charge in [-0.2, -0.15) is 0 Å². The van der Waals surface area contributed by atoms with Gasteiger partial charge in [0.05, 0.1) is 19.8 Å². The summed E-state index contributed by atoms with van der Waals surface area (Å²) < 4.78 is 17.8. The Balaban J connectivity index is 1.56. The first kappa shape index (κ1) is 28.1. The Hall–Kier alpha value is -1.96. The van der Waals surface area contributed by atoms with E-state index >= 15 is 0 Å². The normalized spacial score (nSPS) is 38.5. The zero-order valence-corrected chi connectivity index (χ0v) is 20.8. The Morgan fingerprint density at radius 1 is 0.784 bits per heavy atom. The van der Waals surface area contributed by atoms with Crippen LogP contribution in [0.5, 0.6) is 0 Å². The first-order chi connectivity index (χ1) is 17.6. The van der Waals surface area contributed by atoms with Gasteiger partial charge in [0.1, 0.15) is 60.5 Å². The van der Waals surface area contributed by atoms with E-state index in [1.165, 1.54) is 0 Å². The third kappa shape index (κ3) is 5.45. The highest BCUT2D eigenvalue weighted by Crippen LogP contribution is 2.40. The molecule has 7 N–H and O–H groups in total. The highest BCUT2D eigenvalue weighted by Gasteiger charge is 2.55. The van der Waals surface area contributed by atoms with Crippen LogP contribution < -0.4 is 0 Å². The number of aryl methyl sites for hydroxylation is 2. The lowest BCUT2D eigenvalue weighted by Gasteiger charge is -2.49. The molecule has 10 nitrogen and oxygen atoms in total. The van der Waals surface area contributed by atoms with Crippen LogP contribution in [0.3, 0.4) is 0 Å². The fraction of sp³-hybridized carbons (Fsp3) is 0.556. The van der Waals surface area contributed by atoms with Gasteiger partial charge in [-0.1, -0.05) is 59.7 Å². The summed E-state index contributed by atoms with van der Waals surface area (Å²) in [7, 11) is 0. The molecule has 2 aliphatic heterocycles. The van der Waals surface area contributed by atoms with E-state index in [-0.39, 0.29) is 13.2 Å². The fourth-order valence-electron chi connectivity index (χ4n) is 5.12. The van der Waals surface area contributed by atoms with Gasteiger partial charge in [0.15, 0.2) is 0 Å². The summed E-state index contributed by atoms with van der Waals surface area (Å²) in [6.07, 6.45) is -12.2. The predicted octanol–water partition coefficient (Wildman–Crippen LogP) is -0.788. The van der Waals surface area contributed by atoms with Crippen molar-refractivity contribution in [3.8, 4) is 0 Å². The van der Waals surface area contributed by atoms with Crippen molar-refractivity contribution in [3.63, 3.8) is 0 Å². The van der Waals surface area contributed by atoms with Crippen molar-refractivity contribution in [2.75, 3.05) is 19.8 Å². The second-order valence-electron chi connectivity index (χ2n) is 10.0. The molecule has 2 fully saturated rings. The Labute approximate surface area is 215 Å². The average Bonchev–Trinajstić information content (AvgIpc) is 2.88. The molecule has 37 heavy (non-hydrogen) atoms. The summed E-state index contributed by atoms with van der Waals surface area (Å²) in [5.74, 6) is 0. The van der Waals surface area contributed by atoms with E-state index in [1.54, 1.807) is 30.3 Å². The molecule has 0 aliphatic carbocycles. The third-order valence-corrected chi connectivity index (χ3v) is 7.26. The fourth-order valence-corrected chi connectivity index (χ4v) is 5.12. The van der Waals surface area contributed by atoms with Crippen LogP contribution in [0.2, 0.25) is 0 Å². The van der Waals surface area contributed by atoms with Gasteiger partial charge in [-0.3, -0.25) is 0 Å². The topological polar surface area (TPSA) is 169 Å². The highest BCUT2D eigenvalue weighted by molar-refractivity contribution is 5.31. The van der Waals surface area contributed by atoms with E-state index in [2.05, 4.69) is 0 Å². The van der Waals surface area contributed by atoms with Gasteiger partial charge in [-0.25, -0.2) is 0 Å². The van der Waals surface area contributed by atoms with Crippen molar-refractivity contribution in [2.24, 2.45) is 0 Å². The van der Waals surface area contributed by atoms with Crippen LogP contribution in [0.25, 0.3) is 0 Å². The largest absolute Gasteiger partial charge is 0.394 e. The van der Waals surface area contributed by atoms with E-state index in [0.29, 0.717) is 11.1 Å². The molecule has 10 atom stereocenters. The van der Waals surface area contributed by atoms with Gasteiger partial charge in [-0.15, -0.1) is 0 Å². The number of ether oxygens (including phenoxy) is 3. The van der Waals surface area contributed by atoms with Crippen molar-refractivity contribution in [1.29, 1.82) is 0 Å². The van der Waals surface area contributed by atoms with Crippen LogP contribution in [-0.4, -0.2) is 104 Å². The van der Waals surface area contributed by atoms with E-state index in [4.69, 9.17) is 14.2 Å². The van der Waals surface area contributed by atoms with Gasteiger partial charge in [0.2, 0.25) is 0 Å². The van der Waals surface area contributed by atoms with Crippen LogP contribution >= 0.6 is 0 Å². The Morgan fingerprint density at radius 2 is 1.43 bits per heavy atom. The minimum absolute atomic E-state index is 0.251. The van der Waals surface area contributed by atoms with Crippen molar-refractivity contribution in [2.45, 2.75) is 74.4 Å². The number of aliphatic hydroxyl groups excluding tert-OH is 7. The molecule has 2 heterocycles. The van der Waals surface area contributed by atoms with E-state index in [1.807, 2.05) is 32.0 Å². The molecule has 2 aromatic rings. The van der Waals surface area contributed by atoms with Crippen LogP contribution in [-0.2, 0) is 19.8 Å². The third-order valence-electron chi connectivity index (χ3n) is 7.26. The van der Waals surface area contributed by atoms with E-state index in [9.17, 15) is 35.7 Å². The minimum atomic E-state index is -1.66. The van der Waals surface area contributed by atoms with Crippen LogP contribution in [0.4, 0.5) is 0 Å². The molecular weight excluding hydrogens is 484 g/mol. The summed E-state index contributed by atoms with van der Waals surface area (Å²) in [6, 6.07) is 14.3. The lowest BCUT2D eigenvalue weighted by atomic mass is 9.80. The standard InChI is InChI=1S/C27H36O10/c1-14-5-3-7-16(9-14)25-23(32)22(31)21(30)19(36-25)12-35-13-27(17-8-4-6-15(2)10-17)26(34)24(33)20(29)18(11-28)37-27/h3-10,18-26,28-34H,11-13H2,1-2H3/t18-,19-,20-,21-,22+,23-,24+,25?,26-,27?/m1/s1. The monoisotopic (exact) mass is 520 g/mol. The summed E-state index contributed by atoms with van der Waals surface area (Å²) in [4.78, 5) is 0. The van der Waals surface area contributed by atoms with Crippen molar-refractivity contribution >= 4 is 0 Å². The Kier molecular flexibility index (Phi) is 8.66. The molecule has 10 heteroatoms. The van der Waals surface area contributed by atoms with Crippen molar-refractivity contribution in [3.05, 3.63) is 70.8 Å². The second kappa shape index (κ2) is 11.4. The second-order valence-corrected chi connectivity index (χ2v) is 10.0. The van der Waals surface area contributed by atoms with Crippen LogP contribution in [0, 0.1) is 13.8 Å². The maximum atomic E-state index is 11.0. The Bertz CT molecular complexity index is 1050. The molecule has 204 valence electrons. The summed E-state index contributed by atoms with van der Waals surface area (Å²) in [5, 5.41) is 73.3. The molecule has 2 unspecified atom stereocenters. The number of rotatable bonds is 7. The molecule has 4 rings (SSSR count). The molecular formula is C27H36O10. The van der Waals surface area contributed by atoms with Gasteiger partial charge >= 0.3 is 0 Å². The summed E-state index contributed by atoms with van der Waals surface area (Å²) in [5.41, 5.74) is 1.21. The predicted molar refractivity (Wildman–Crippen MR) is 130 cm³/mol. The highest BCUT2D eigenvalue weighted by atomic mass is 16.6. The van der Waals surface area contributed by atoms with E-state index < -0.39 is 67.1 Å². The molecule has 2 aromatic carbocycles. The zero-order chi connectivity index (χ0) is 26.9. The number of hydrogen-bond donors (Lipinski definition) is 7. The number of benzene rings is 2. The maximum absolute atomic E-state index is 11.0. The van der Waals surface area contributed by atoms with Crippen molar-refractivity contribution < 1.29 is 50.0 Å². The van der Waals surface area contributed by atoms with Gasteiger partial charge in [0, 0.05) is 0 Å². The molecule has 2 aliphatic rings. The quantitative estimate of drug-likeness (QED) is 0.246. The van der Waals surface area contributed by atoms with Gasteiger partial charge < -0.3 is 50.0 Å². The number of aliphatic hydroxyl groups is 7. The first-order valence-electron chi connectivity index (χ1n) is 12.3. The lowest BCUT2D eigenvalue weighted by molar-refractivity contribution is -0.296. The SMILES string of the molecule is Cc1cccc(C2O[C@H](COCC3(c4cccc(C)c4)O[C@H](CO)[C@@H](O)[C@H](O)[C@H]3O)[C@@H](O)[C@H](O)[C@H]2O)c1. The van der Waals surface area contributed by atoms with Gasteiger partial charge in [0.25, 0.3) is 0 Å². The molecule has 0 radical (unpaired) electrons.